The van der Waals surface area contributed by atoms with Crippen LogP contribution in [-0.2, 0) is 19.7 Å². The molecule has 106 valence electrons. The van der Waals surface area contributed by atoms with E-state index in [0.29, 0.717) is 25.1 Å². The van der Waals surface area contributed by atoms with Crippen molar-refractivity contribution in [3.63, 3.8) is 0 Å². The van der Waals surface area contributed by atoms with Crippen LogP contribution in [0.1, 0.15) is 31.2 Å². The summed E-state index contributed by atoms with van der Waals surface area (Å²) in [6, 6.07) is 7.08. The summed E-state index contributed by atoms with van der Waals surface area (Å²) >= 11 is 0. The maximum Gasteiger partial charge on any atom is 0.314 e. The second kappa shape index (κ2) is 4.90. The number of carbonyl (C=O) groups excluding carboxylic acids is 1. The van der Waals surface area contributed by atoms with Crippen LogP contribution in [0.3, 0.4) is 0 Å². The molecular formula is C15H17NO4. The van der Waals surface area contributed by atoms with E-state index in [1.54, 1.807) is 24.3 Å². The molecule has 1 atom stereocenters. The zero-order valence-electron chi connectivity index (χ0n) is 11.1. The molecular weight excluding hydrogens is 258 g/mol. The molecule has 1 unspecified atom stereocenters. The molecule has 1 aromatic rings. The lowest BCUT2D eigenvalue weighted by Crippen LogP contribution is -2.26. The van der Waals surface area contributed by atoms with E-state index in [4.69, 9.17) is 4.74 Å². The van der Waals surface area contributed by atoms with Gasteiger partial charge in [0.1, 0.15) is 6.10 Å². The number of carbonyl (C=O) groups is 2. The normalized spacial score (nSPS) is 23.3. The molecule has 3 rings (SSSR count). The minimum Gasteiger partial charge on any atom is -0.481 e. The molecule has 1 saturated heterocycles. The van der Waals surface area contributed by atoms with E-state index < -0.39 is 11.4 Å². The van der Waals surface area contributed by atoms with Gasteiger partial charge in [-0.15, -0.1) is 0 Å². The van der Waals surface area contributed by atoms with Gasteiger partial charge in [0.25, 0.3) is 5.91 Å². The van der Waals surface area contributed by atoms with Gasteiger partial charge in [-0.2, -0.15) is 0 Å². The Morgan fingerprint density at radius 1 is 1.25 bits per heavy atom. The van der Waals surface area contributed by atoms with Gasteiger partial charge in [0, 0.05) is 12.3 Å². The van der Waals surface area contributed by atoms with Crippen LogP contribution < -0.4 is 5.32 Å². The minimum atomic E-state index is -0.770. The molecule has 5 heteroatoms. The first-order valence-electron chi connectivity index (χ1n) is 6.88. The second-order valence-corrected chi connectivity index (χ2v) is 5.46. The van der Waals surface area contributed by atoms with E-state index in [0.717, 1.165) is 18.4 Å². The van der Waals surface area contributed by atoms with Gasteiger partial charge < -0.3 is 15.2 Å². The third kappa shape index (κ3) is 2.29. The molecule has 2 aliphatic rings. The molecule has 0 radical (unpaired) electrons. The van der Waals surface area contributed by atoms with Gasteiger partial charge in [0.2, 0.25) is 0 Å². The Hall–Kier alpha value is -1.88. The van der Waals surface area contributed by atoms with Crippen LogP contribution in [0.25, 0.3) is 0 Å². The summed E-state index contributed by atoms with van der Waals surface area (Å²) in [6.45, 7) is 0.637. The third-order valence-corrected chi connectivity index (χ3v) is 4.09. The summed E-state index contributed by atoms with van der Waals surface area (Å²) in [7, 11) is 0. The number of carboxylic acid groups (broad SMARTS) is 1. The van der Waals surface area contributed by atoms with E-state index in [9.17, 15) is 14.7 Å². The Morgan fingerprint density at radius 3 is 2.45 bits per heavy atom. The fourth-order valence-corrected chi connectivity index (χ4v) is 2.63. The number of amides is 1. The average molecular weight is 275 g/mol. The van der Waals surface area contributed by atoms with Crippen LogP contribution in [0.15, 0.2) is 24.3 Å². The molecule has 1 amide bonds. The Bertz CT molecular complexity index is 527. The molecule has 1 aliphatic carbocycles. The van der Waals surface area contributed by atoms with Gasteiger partial charge in [-0.05, 0) is 43.4 Å². The highest BCUT2D eigenvalue weighted by atomic mass is 16.5. The maximum atomic E-state index is 11.9. The highest BCUT2D eigenvalue weighted by Crippen LogP contribution is 2.48. The van der Waals surface area contributed by atoms with E-state index >= 15 is 0 Å². The van der Waals surface area contributed by atoms with Gasteiger partial charge in [-0.1, -0.05) is 12.1 Å². The topological polar surface area (TPSA) is 75.6 Å². The molecule has 1 saturated carbocycles. The first kappa shape index (κ1) is 13.1. The van der Waals surface area contributed by atoms with Crippen molar-refractivity contribution in [1.29, 1.82) is 0 Å². The molecule has 0 bridgehead atoms. The lowest BCUT2D eigenvalue weighted by molar-refractivity contribution is -0.140. The smallest absolute Gasteiger partial charge is 0.314 e. The van der Waals surface area contributed by atoms with Crippen LogP contribution in [0.2, 0.25) is 0 Å². The van der Waals surface area contributed by atoms with Crippen molar-refractivity contribution < 1.29 is 19.4 Å². The van der Waals surface area contributed by atoms with Crippen molar-refractivity contribution in [1.82, 2.24) is 0 Å². The van der Waals surface area contributed by atoms with Crippen molar-refractivity contribution >= 4 is 17.6 Å². The summed E-state index contributed by atoms with van der Waals surface area (Å²) in [6.07, 6.45) is 2.68. The quantitative estimate of drug-likeness (QED) is 0.880. The van der Waals surface area contributed by atoms with Crippen molar-refractivity contribution in [2.45, 2.75) is 37.2 Å². The van der Waals surface area contributed by atoms with Crippen molar-refractivity contribution in [3.05, 3.63) is 29.8 Å². The third-order valence-electron chi connectivity index (χ3n) is 4.09. The van der Waals surface area contributed by atoms with Crippen LogP contribution in [0, 0.1) is 0 Å². The molecule has 2 fully saturated rings. The molecule has 20 heavy (non-hydrogen) atoms. The first-order valence-corrected chi connectivity index (χ1v) is 6.88. The zero-order valence-corrected chi connectivity index (χ0v) is 11.1. The fraction of sp³-hybridized carbons (Fsp3) is 0.467. The number of hydrogen-bond donors (Lipinski definition) is 2. The molecule has 0 aromatic heterocycles. The molecule has 5 nitrogen and oxygen atoms in total. The lowest BCUT2D eigenvalue weighted by atomic mass is 9.96. The number of anilines is 1. The minimum absolute atomic E-state index is 0.130. The zero-order chi connectivity index (χ0) is 14.2. The van der Waals surface area contributed by atoms with Crippen molar-refractivity contribution in [2.75, 3.05) is 11.9 Å². The Balaban J connectivity index is 1.67. The van der Waals surface area contributed by atoms with Crippen LogP contribution in [0.4, 0.5) is 5.69 Å². The maximum absolute atomic E-state index is 11.9. The van der Waals surface area contributed by atoms with Gasteiger partial charge >= 0.3 is 5.97 Å². The van der Waals surface area contributed by atoms with Crippen LogP contribution in [0.5, 0.6) is 0 Å². The lowest BCUT2D eigenvalue weighted by Gasteiger charge is -2.13. The summed E-state index contributed by atoms with van der Waals surface area (Å²) < 4.78 is 5.32. The summed E-state index contributed by atoms with van der Waals surface area (Å²) in [5.74, 6) is -0.900. The predicted molar refractivity (Wildman–Crippen MR) is 72.6 cm³/mol. The van der Waals surface area contributed by atoms with E-state index in [2.05, 4.69) is 5.32 Å². The molecule has 2 N–H and O–H groups in total. The van der Waals surface area contributed by atoms with Crippen molar-refractivity contribution in [3.8, 4) is 0 Å². The van der Waals surface area contributed by atoms with Crippen molar-refractivity contribution in [2.24, 2.45) is 0 Å². The van der Waals surface area contributed by atoms with E-state index in [1.165, 1.54) is 0 Å². The summed E-state index contributed by atoms with van der Waals surface area (Å²) in [5, 5.41) is 12.0. The highest BCUT2D eigenvalue weighted by molar-refractivity contribution is 5.94. The molecule has 1 aliphatic heterocycles. The Kier molecular flexibility index (Phi) is 3.22. The van der Waals surface area contributed by atoms with Crippen LogP contribution in [-0.4, -0.2) is 29.7 Å². The number of carboxylic acids is 1. The number of ether oxygens (including phenoxy) is 1. The SMILES string of the molecule is O=C(Nc1ccc(C2(C(=O)O)CC2)cc1)C1CCCO1. The Morgan fingerprint density at radius 2 is 1.95 bits per heavy atom. The molecule has 1 aromatic carbocycles. The number of benzene rings is 1. The fourth-order valence-electron chi connectivity index (χ4n) is 2.63. The summed E-state index contributed by atoms with van der Waals surface area (Å²) in [5.41, 5.74) is 0.785. The number of nitrogens with one attached hydrogen (secondary N) is 1. The second-order valence-electron chi connectivity index (χ2n) is 5.46. The van der Waals surface area contributed by atoms with Gasteiger partial charge in [0.15, 0.2) is 0 Å². The molecule has 1 heterocycles. The highest BCUT2D eigenvalue weighted by Gasteiger charge is 2.51. The summed E-state index contributed by atoms with van der Waals surface area (Å²) in [4.78, 5) is 23.1. The van der Waals surface area contributed by atoms with E-state index in [-0.39, 0.29) is 12.0 Å². The van der Waals surface area contributed by atoms with Gasteiger partial charge in [-0.25, -0.2) is 0 Å². The number of hydrogen-bond acceptors (Lipinski definition) is 3. The standard InChI is InChI=1S/C15H17NO4/c17-13(12-2-1-9-20-12)16-11-5-3-10(4-6-11)15(7-8-15)14(18)19/h3-6,12H,1-2,7-9H2,(H,16,17)(H,18,19). The number of aliphatic carboxylic acids is 1. The van der Waals surface area contributed by atoms with Gasteiger partial charge in [0.05, 0.1) is 5.41 Å². The molecule has 0 spiro atoms. The van der Waals surface area contributed by atoms with Crippen LogP contribution >= 0.6 is 0 Å². The predicted octanol–water partition coefficient (Wildman–Crippen LogP) is 1.92. The first-order chi connectivity index (χ1) is 9.62. The Labute approximate surface area is 116 Å². The number of rotatable bonds is 4. The largest absolute Gasteiger partial charge is 0.481 e. The van der Waals surface area contributed by atoms with Gasteiger partial charge in [-0.3, -0.25) is 9.59 Å². The average Bonchev–Trinajstić information content (AvgIpc) is 3.07. The van der Waals surface area contributed by atoms with E-state index in [1.807, 2.05) is 0 Å². The monoisotopic (exact) mass is 275 g/mol.